The highest BCUT2D eigenvalue weighted by molar-refractivity contribution is 5.41. The second-order valence-electron chi connectivity index (χ2n) is 9.85. The van der Waals surface area contributed by atoms with Gasteiger partial charge in [0.05, 0.1) is 18.8 Å². The zero-order valence-corrected chi connectivity index (χ0v) is 15.6. The molecule has 1 unspecified atom stereocenters. The second kappa shape index (κ2) is 4.50. The Bertz CT molecular complexity index is 673. The van der Waals surface area contributed by atoms with Gasteiger partial charge >= 0.3 is 0 Å². The number of ether oxygens (including phenoxy) is 2. The molecule has 3 aliphatic heterocycles. The van der Waals surface area contributed by atoms with E-state index in [2.05, 4.69) is 27.7 Å². The first-order valence-corrected chi connectivity index (χ1v) is 9.74. The fourth-order valence-electron chi connectivity index (χ4n) is 6.72. The third-order valence-corrected chi connectivity index (χ3v) is 8.55. The Morgan fingerprint density at radius 1 is 1.20 bits per heavy atom. The molecule has 25 heavy (non-hydrogen) atoms. The summed E-state index contributed by atoms with van der Waals surface area (Å²) in [5.74, 6) is -0.779. The number of aliphatic hydroxyl groups is 3. The molecule has 3 saturated heterocycles. The molecule has 0 aromatic heterocycles. The van der Waals surface area contributed by atoms with E-state index in [1.807, 2.05) is 0 Å². The summed E-state index contributed by atoms with van der Waals surface area (Å²) >= 11 is 0. The molecule has 0 aromatic carbocycles. The molecule has 0 aromatic rings. The maximum absolute atomic E-state index is 11.5. The van der Waals surface area contributed by atoms with E-state index in [4.69, 9.17) is 9.47 Å². The van der Waals surface area contributed by atoms with E-state index in [-0.39, 0.29) is 30.1 Å². The van der Waals surface area contributed by atoms with Crippen LogP contribution in [0.5, 0.6) is 0 Å². The normalized spacial score (nSPS) is 59.0. The Morgan fingerprint density at radius 2 is 1.92 bits per heavy atom. The van der Waals surface area contributed by atoms with Crippen LogP contribution in [0, 0.1) is 22.7 Å². The lowest BCUT2D eigenvalue weighted by molar-refractivity contribution is -0.336. The molecule has 0 amide bonds. The Labute approximate surface area is 149 Å². The predicted octanol–water partition coefficient (Wildman–Crippen LogP) is 1.75. The van der Waals surface area contributed by atoms with Crippen LogP contribution >= 0.6 is 0 Å². The van der Waals surface area contributed by atoms with Gasteiger partial charge in [-0.1, -0.05) is 38.8 Å². The predicted molar refractivity (Wildman–Crippen MR) is 90.6 cm³/mol. The van der Waals surface area contributed by atoms with Gasteiger partial charge in [0.15, 0.2) is 0 Å². The zero-order valence-electron chi connectivity index (χ0n) is 15.6. The van der Waals surface area contributed by atoms with Crippen LogP contribution in [0.15, 0.2) is 11.1 Å². The van der Waals surface area contributed by atoms with Gasteiger partial charge in [0.1, 0.15) is 11.7 Å². The lowest BCUT2D eigenvalue weighted by Crippen LogP contribution is -2.62. The first-order chi connectivity index (χ1) is 11.6. The van der Waals surface area contributed by atoms with E-state index >= 15 is 0 Å². The summed E-state index contributed by atoms with van der Waals surface area (Å²) in [6.45, 7) is 8.61. The maximum Gasteiger partial charge on any atom is 0.201 e. The SMILES string of the molecule is CC(C)C1=C2[C@H]3C[C@H]4OC(O)([C@@H]5O[C@]45CO)[C@]3(C)CC[C@@]2(C)[C@H](O)C1. The van der Waals surface area contributed by atoms with Gasteiger partial charge < -0.3 is 24.8 Å². The van der Waals surface area contributed by atoms with Crippen molar-refractivity contribution in [3.05, 3.63) is 11.1 Å². The molecular formula is C20H30O5. The molecule has 140 valence electrons. The third-order valence-electron chi connectivity index (χ3n) is 8.55. The Hall–Kier alpha value is -0.460. The molecule has 4 fully saturated rings. The number of fused-ring (bicyclic) bond motifs is 9. The molecule has 5 heteroatoms. The summed E-state index contributed by atoms with van der Waals surface area (Å²) in [5, 5.41) is 32.3. The molecular weight excluding hydrogens is 320 g/mol. The molecule has 3 N–H and O–H groups in total. The highest BCUT2D eigenvalue weighted by atomic mass is 16.8. The standard InChI is InChI=1S/C20H30O5/c1-10(2)11-7-13(22)17(3)5-6-18(4)12(15(11)17)8-14-19(9-21)16(25-19)20(18,23)24-14/h10,12-14,16,21-23H,5-9H2,1-4H3/t12-,13-,14-,16-,17+,18-,19-,20?/m1/s1. The van der Waals surface area contributed by atoms with Crippen LogP contribution in [0.1, 0.15) is 53.4 Å². The lowest BCUT2D eigenvalue weighted by Gasteiger charge is -2.58. The Morgan fingerprint density at radius 3 is 2.56 bits per heavy atom. The first-order valence-electron chi connectivity index (χ1n) is 9.74. The molecule has 5 rings (SSSR count). The molecule has 0 spiro atoms. The minimum absolute atomic E-state index is 0.108. The summed E-state index contributed by atoms with van der Waals surface area (Å²) < 4.78 is 11.9. The van der Waals surface area contributed by atoms with E-state index < -0.39 is 22.9 Å². The maximum atomic E-state index is 11.5. The van der Waals surface area contributed by atoms with Gasteiger partial charge in [-0.3, -0.25) is 0 Å². The number of hydrogen-bond donors (Lipinski definition) is 3. The molecule has 3 heterocycles. The molecule has 2 bridgehead atoms. The van der Waals surface area contributed by atoms with Crippen molar-refractivity contribution in [1.82, 2.24) is 0 Å². The van der Waals surface area contributed by atoms with Crippen molar-refractivity contribution in [2.24, 2.45) is 22.7 Å². The van der Waals surface area contributed by atoms with Crippen LogP contribution in [0.4, 0.5) is 0 Å². The summed E-state index contributed by atoms with van der Waals surface area (Å²) in [6.07, 6.45) is 2.11. The van der Waals surface area contributed by atoms with Crippen molar-refractivity contribution in [3.63, 3.8) is 0 Å². The zero-order chi connectivity index (χ0) is 18.0. The molecule has 1 saturated carbocycles. The van der Waals surface area contributed by atoms with E-state index in [1.54, 1.807) is 0 Å². The topological polar surface area (TPSA) is 82.5 Å². The monoisotopic (exact) mass is 350 g/mol. The van der Waals surface area contributed by atoms with Gasteiger partial charge in [-0.25, -0.2) is 0 Å². The minimum Gasteiger partial charge on any atom is -0.393 e. The third kappa shape index (κ3) is 1.60. The van der Waals surface area contributed by atoms with Gasteiger partial charge in [-0.15, -0.1) is 0 Å². The van der Waals surface area contributed by atoms with Crippen LogP contribution in [-0.2, 0) is 9.47 Å². The van der Waals surface area contributed by atoms with Crippen molar-refractivity contribution in [2.45, 2.75) is 83.1 Å². The Balaban J connectivity index is 1.66. The minimum atomic E-state index is -1.34. The van der Waals surface area contributed by atoms with E-state index in [0.717, 1.165) is 25.7 Å². The van der Waals surface area contributed by atoms with E-state index in [9.17, 15) is 15.3 Å². The summed E-state index contributed by atoms with van der Waals surface area (Å²) in [5.41, 5.74) is 1.37. The average molecular weight is 350 g/mol. The molecule has 8 atom stereocenters. The number of rotatable bonds is 2. The highest BCUT2D eigenvalue weighted by Gasteiger charge is 2.85. The van der Waals surface area contributed by atoms with E-state index in [1.165, 1.54) is 11.1 Å². The van der Waals surface area contributed by atoms with Crippen LogP contribution < -0.4 is 0 Å². The molecule has 5 aliphatic rings. The van der Waals surface area contributed by atoms with Crippen LogP contribution in [0.25, 0.3) is 0 Å². The van der Waals surface area contributed by atoms with E-state index in [0.29, 0.717) is 5.92 Å². The van der Waals surface area contributed by atoms with Gasteiger partial charge in [-0.2, -0.15) is 0 Å². The fraction of sp³-hybridized carbons (Fsp3) is 0.900. The molecule has 5 nitrogen and oxygen atoms in total. The Kier molecular flexibility index (Phi) is 3.01. The highest BCUT2D eigenvalue weighted by Crippen LogP contribution is 2.73. The van der Waals surface area contributed by atoms with Gasteiger partial charge in [0.25, 0.3) is 0 Å². The van der Waals surface area contributed by atoms with Gasteiger partial charge in [-0.05, 0) is 37.5 Å². The number of aliphatic hydroxyl groups excluding tert-OH is 2. The molecule has 2 aliphatic carbocycles. The summed E-state index contributed by atoms with van der Waals surface area (Å²) in [7, 11) is 0. The van der Waals surface area contributed by atoms with Crippen LogP contribution in [0.3, 0.4) is 0 Å². The smallest absolute Gasteiger partial charge is 0.201 e. The molecule has 0 radical (unpaired) electrons. The summed E-state index contributed by atoms with van der Waals surface area (Å²) in [4.78, 5) is 0. The van der Waals surface area contributed by atoms with Crippen molar-refractivity contribution in [2.75, 3.05) is 6.61 Å². The fourth-order valence-corrected chi connectivity index (χ4v) is 6.72. The van der Waals surface area contributed by atoms with Crippen molar-refractivity contribution in [1.29, 1.82) is 0 Å². The van der Waals surface area contributed by atoms with Crippen LogP contribution in [0.2, 0.25) is 0 Å². The van der Waals surface area contributed by atoms with Crippen molar-refractivity contribution >= 4 is 0 Å². The number of hydrogen-bond acceptors (Lipinski definition) is 5. The lowest BCUT2D eigenvalue weighted by atomic mass is 9.52. The van der Waals surface area contributed by atoms with Gasteiger partial charge in [0.2, 0.25) is 5.79 Å². The second-order valence-corrected chi connectivity index (χ2v) is 9.85. The van der Waals surface area contributed by atoms with Crippen LogP contribution in [-0.4, -0.2) is 51.6 Å². The largest absolute Gasteiger partial charge is 0.393 e. The first kappa shape index (κ1) is 16.7. The number of epoxide rings is 1. The van der Waals surface area contributed by atoms with Crippen molar-refractivity contribution in [3.8, 4) is 0 Å². The quantitative estimate of drug-likeness (QED) is 0.522. The summed E-state index contributed by atoms with van der Waals surface area (Å²) in [6, 6.07) is 0. The van der Waals surface area contributed by atoms with Gasteiger partial charge in [0, 0.05) is 10.8 Å². The average Bonchev–Trinajstić information content (AvgIpc) is 3.20. The van der Waals surface area contributed by atoms with Crippen molar-refractivity contribution < 1.29 is 24.8 Å².